The van der Waals surface area contributed by atoms with Crippen LogP contribution in [0, 0.1) is 5.92 Å². The van der Waals surface area contributed by atoms with E-state index >= 15 is 0 Å². The fourth-order valence-corrected chi connectivity index (χ4v) is 2.46. The van der Waals surface area contributed by atoms with Gasteiger partial charge in [-0.25, -0.2) is 0 Å². The van der Waals surface area contributed by atoms with Crippen molar-refractivity contribution in [2.24, 2.45) is 5.92 Å². The Morgan fingerprint density at radius 3 is 2.62 bits per heavy atom. The molecule has 0 aromatic carbocycles. The Labute approximate surface area is 102 Å². The largest absolute Gasteiger partial charge is 0.358 e. The molecule has 1 aliphatic rings. The molecule has 1 aromatic heterocycles. The molecule has 1 aromatic rings. The van der Waals surface area contributed by atoms with Gasteiger partial charge >= 0.3 is 0 Å². The van der Waals surface area contributed by atoms with E-state index in [1.165, 1.54) is 32.1 Å². The van der Waals surface area contributed by atoms with Crippen LogP contribution in [0.5, 0.6) is 0 Å². The first-order valence-electron chi connectivity index (χ1n) is 5.96. The lowest BCUT2D eigenvalue weighted by atomic mass is 9.89. The fourth-order valence-electron chi connectivity index (χ4n) is 2.36. The van der Waals surface area contributed by atoms with Crippen molar-refractivity contribution in [2.75, 3.05) is 18.5 Å². The molecule has 16 heavy (non-hydrogen) atoms. The summed E-state index contributed by atoms with van der Waals surface area (Å²) in [7, 11) is 2.08. The van der Waals surface area contributed by atoms with E-state index < -0.39 is 0 Å². The molecular weight excluding hydrogens is 222 g/mol. The van der Waals surface area contributed by atoms with Gasteiger partial charge in [-0.2, -0.15) is 0 Å². The lowest BCUT2D eigenvalue weighted by molar-refractivity contribution is 0.361. The summed E-state index contributed by atoms with van der Waals surface area (Å²) in [4.78, 5) is 2.18. The third-order valence-electron chi connectivity index (χ3n) is 3.27. The van der Waals surface area contributed by atoms with Crippen LogP contribution in [0.25, 0.3) is 0 Å². The van der Waals surface area contributed by atoms with Gasteiger partial charge in [-0.05, 0) is 30.9 Å². The second kappa shape index (κ2) is 5.48. The van der Waals surface area contributed by atoms with E-state index in [0.29, 0.717) is 5.15 Å². The van der Waals surface area contributed by atoms with Gasteiger partial charge in [0.05, 0.1) is 0 Å². The maximum Gasteiger partial charge on any atom is 0.151 e. The maximum absolute atomic E-state index is 5.72. The van der Waals surface area contributed by atoms with E-state index in [9.17, 15) is 0 Å². The molecule has 88 valence electrons. The highest BCUT2D eigenvalue weighted by Crippen LogP contribution is 2.25. The van der Waals surface area contributed by atoms with E-state index in [-0.39, 0.29) is 0 Å². The van der Waals surface area contributed by atoms with Gasteiger partial charge in [-0.15, -0.1) is 10.2 Å². The summed E-state index contributed by atoms with van der Waals surface area (Å²) < 4.78 is 0. The molecule has 0 amide bonds. The van der Waals surface area contributed by atoms with Gasteiger partial charge in [-0.3, -0.25) is 0 Å². The van der Waals surface area contributed by atoms with Crippen molar-refractivity contribution in [1.29, 1.82) is 0 Å². The lowest BCUT2D eigenvalue weighted by Gasteiger charge is -2.27. The molecule has 1 fully saturated rings. The normalized spacial score (nSPS) is 17.4. The molecule has 0 spiro atoms. The zero-order chi connectivity index (χ0) is 11.4. The zero-order valence-corrected chi connectivity index (χ0v) is 10.5. The molecule has 0 aliphatic heterocycles. The molecule has 0 bridgehead atoms. The van der Waals surface area contributed by atoms with Crippen LogP contribution >= 0.6 is 11.6 Å². The molecule has 4 heteroatoms. The van der Waals surface area contributed by atoms with Crippen LogP contribution in [-0.4, -0.2) is 23.8 Å². The molecule has 0 saturated heterocycles. The molecule has 3 nitrogen and oxygen atoms in total. The molecule has 1 heterocycles. The fraction of sp³-hybridized carbons (Fsp3) is 0.667. The molecule has 0 N–H and O–H groups in total. The third-order valence-corrected chi connectivity index (χ3v) is 3.47. The third kappa shape index (κ3) is 3.08. The van der Waals surface area contributed by atoms with E-state index in [0.717, 1.165) is 18.3 Å². The highest BCUT2D eigenvalue weighted by atomic mass is 35.5. The zero-order valence-electron chi connectivity index (χ0n) is 9.69. The molecule has 0 atom stereocenters. The summed E-state index contributed by atoms with van der Waals surface area (Å²) in [5.41, 5.74) is 0. The van der Waals surface area contributed by atoms with Gasteiger partial charge in [0.25, 0.3) is 0 Å². The van der Waals surface area contributed by atoms with Gasteiger partial charge in [-0.1, -0.05) is 30.9 Å². The van der Waals surface area contributed by atoms with Crippen LogP contribution in [0.2, 0.25) is 5.15 Å². The van der Waals surface area contributed by atoms with Crippen LogP contribution in [0.15, 0.2) is 12.1 Å². The van der Waals surface area contributed by atoms with Crippen molar-refractivity contribution < 1.29 is 0 Å². The minimum atomic E-state index is 0.454. The Morgan fingerprint density at radius 2 is 2.00 bits per heavy atom. The number of hydrogen-bond donors (Lipinski definition) is 0. The Kier molecular flexibility index (Phi) is 3.99. The number of rotatable bonds is 3. The number of nitrogens with zero attached hydrogens (tertiary/aromatic N) is 3. The van der Waals surface area contributed by atoms with Crippen LogP contribution in [0.3, 0.4) is 0 Å². The lowest BCUT2D eigenvalue weighted by Crippen LogP contribution is -2.27. The van der Waals surface area contributed by atoms with Crippen molar-refractivity contribution in [3.05, 3.63) is 17.3 Å². The highest BCUT2D eigenvalue weighted by molar-refractivity contribution is 6.29. The van der Waals surface area contributed by atoms with Crippen molar-refractivity contribution >= 4 is 17.4 Å². The predicted octanol–water partition coefficient (Wildman–Crippen LogP) is 3.15. The second-order valence-corrected chi connectivity index (χ2v) is 4.99. The van der Waals surface area contributed by atoms with Crippen LogP contribution in [0.1, 0.15) is 32.1 Å². The van der Waals surface area contributed by atoms with Crippen LogP contribution < -0.4 is 4.90 Å². The number of halogens is 1. The second-order valence-electron chi connectivity index (χ2n) is 4.60. The summed E-state index contributed by atoms with van der Waals surface area (Å²) in [6, 6.07) is 3.72. The van der Waals surface area contributed by atoms with Gasteiger partial charge in [0.15, 0.2) is 11.0 Å². The molecule has 1 aliphatic carbocycles. The van der Waals surface area contributed by atoms with E-state index in [1.54, 1.807) is 6.07 Å². The van der Waals surface area contributed by atoms with Crippen molar-refractivity contribution in [2.45, 2.75) is 32.1 Å². The number of hydrogen-bond acceptors (Lipinski definition) is 3. The van der Waals surface area contributed by atoms with Crippen LogP contribution in [-0.2, 0) is 0 Å². The molecule has 0 radical (unpaired) electrons. The summed E-state index contributed by atoms with van der Waals surface area (Å²) >= 11 is 5.72. The Bertz CT molecular complexity index is 320. The predicted molar refractivity (Wildman–Crippen MR) is 66.9 cm³/mol. The minimum Gasteiger partial charge on any atom is -0.358 e. The Hall–Kier alpha value is -0.830. The van der Waals surface area contributed by atoms with Crippen molar-refractivity contribution in [3.63, 3.8) is 0 Å². The summed E-state index contributed by atoms with van der Waals surface area (Å²) in [5.74, 6) is 1.73. The van der Waals surface area contributed by atoms with E-state index in [2.05, 4.69) is 22.1 Å². The van der Waals surface area contributed by atoms with E-state index in [1.807, 2.05) is 6.07 Å². The summed E-state index contributed by atoms with van der Waals surface area (Å²) in [6.07, 6.45) is 6.87. The first kappa shape index (κ1) is 11.6. The molecular formula is C12H18ClN3. The maximum atomic E-state index is 5.72. The standard InChI is InChI=1S/C12H18ClN3/c1-16(9-10-5-3-2-4-6-10)12-8-7-11(13)14-15-12/h7-8,10H,2-6,9H2,1H3. The average molecular weight is 240 g/mol. The smallest absolute Gasteiger partial charge is 0.151 e. The summed E-state index contributed by atoms with van der Waals surface area (Å²) in [5, 5.41) is 8.41. The number of aromatic nitrogens is 2. The molecule has 1 saturated carbocycles. The Morgan fingerprint density at radius 1 is 1.25 bits per heavy atom. The van der Waals surface area contributed by atoms with Crippen LogP contribution in [0.4, 0.5) is 5.82 Å². The van der Waals surface area contributed by atoms with Gasteiger partial charge in [0.1, 0.15) is 0 Å². The Balaban J connectivity index is 1.91. The van der Waals surface area contributed by atoms with Gasteiger partial charge < -0.3 is 4.90 Å². The average Bonchev–Trinajstić information content (AvgIpc) is 2.31. The first-order chi connectivity index (χ1) is 7.75. The van der Waals surface area contributed by atoms with E-state index in [4.69, 9.17) is 11.6 Å². The topological polar surface area (TPSA) is 29.0 Å². The first-order valence-corrected chi connectivity index (χ1v) is 6.34. The number of anilines is 1. The quantitative estimate of drug-likeness (QED) is 0.812. The summed E-state index contributed by atoms with van der Waals surface area (Å²) in [6.45, 7) is 1.08. The van der Waals surface area contributed by atoms with Crippen molar-refractivity contribution in [3.8, 4) is 0 Å². The van der Waals surface area contributed by atoms with Gasteiger partial charge in [0.2, 0.25) is 0 Å². The highest BCUT2D eigenvalue weighted by Gasteiger charge is 2.16. The van der Waals surface area contributed by atoms with Gasteiger partial charge in [0, 0.05) is 13.6 Å². The molecule has 2 rings (SSSR count). The minimum absolute atomic E-state index is 0.454. The molecule has 0 unspecified atom stereocenters. The monoisotopic (exact) mass is 239 g/mol. The SMILES string of the molecule is CN(CC1CCCCC1)c1ccc(Cl)nn1. The van der Waals surface area contributed by atoms with Crippen molar-refractivity contribution in [1.82, 2.24) is 10.2 Å².